The number of rotatable bonds is 5. The number of halogens is 1. The highest BCUT2D eigenvalue weighted by Crippen LogP contribution is 2.67. The monoisotopic (exact) mass is 553 g/mol. The van der Waals surface area contributed by atoms with Gasteiger partial charge in [-0.3, -0.25) is 0 Å². The predicted molar refractivity (Wildman–Crippen MR) is 134 cm³/mol. The third-order valence-corrected chi connectivity index (χ3v) is 13.0. The molecule has 0 unspecified atom stereocenters. The fourth-order valence-electron chi connectivity index (χ4n) is 7.68. The first-order chi connectivity index (χ1) is 15.2. The van der Waals surface area contributed by atoms with E-state index in [1.165, 1.54) is 54.4 Å². The molecule has 0 aliphatic heterocycles. The van der Waals surface area contributed by atoms with Gasteiger partial charge in [-0.2, -0.15) is 4.67 Å². The smallest absolute Gasteiger partial charge is 0.181 e. The molecule has 7 rings (SSSR count). The van der Waals surface area contributed by atoms with Crippen LogP contribution in [0.15, 0.2) is 91.0 Å². The van der Waals surface area contributed by atoms with E-state index in [0.29, 0.717) is 5.54 Å². The van der Waals surface area contributed by atoms with Crippen molar-refractivity contribution in [2.24, 2.45) is 17.8 Å². The molecule has 4 saturated carbocycles. The van der Waals surface area contributed by atoms with Crippen LogP contribution in [-0.4, -0.2) is 17.3 Å². The summed E-state index contributed by atoms with van der Waals surface area (Å²) in [6, 6.07) is 34.3. The van der Waals surface area contributed by atoms with Crippen molar-refractivity contribution in [3.8, 4) is 0 Å². The summed E-state index contributed by atoms with van der Waals surface area (Å²) in [5.41, 5.74) is 0.337. The molecule has 0 heterocycles. The number of nitrogens with zero attached hydrogens (tertiary/aromatic N) is 1. The standard InChI is InChI=1S/C29H33NP.HI/c1-30(29-20-23-17-24(21-29)19-25(18-23)22-29)31(26-11-5-2-6-12-26,27-13-7-3-8-14-27)28-15-9-4-10-16-28;/h2-16,23-25H,17-22H2,1H3;1H/q+1;/p-1. The first-order valence-electron chi connectivity index (χ1n) is 12.0. The molecule has 3 heteroatoms. The lowest BCUT2D eigenvalue weighted by Crippen LogP contribution is -3.00. The minimum atomic E-state index is -1.96. The zero-order valence-electron chi connectivity index (χ0n) is 18.9. The lowest BCUT2D eigenvalue weighted by molar-refractivity contribution is -0.0486. The summed E-state index contributed by atoms with van der Waals surface area (Å²) in [6.07, 6.45) is 8.64. The van der Waals surface area contributed by atoms with Gasteiger partial charge in [0.25, 0.3) is 0 Å². The molecule has 4 bridgehead atoms. The van der Waals surface area contributed by atoms with E-state index in [0.717, 1.165) is 17.8 Å². The molecule has 0 amide bonds. The van der Waals surface area contributed by atoms with Crippen LogP contribution in [0.4, 0.5) is 0 Å². The van der Waals surface area contributed by atoms with Gasteiger partial charge in [-0.1, -0.05) is 54.6 Å². The third-order valence-electron chi connectivity index (χ3n) is 8.53. The first-order valence-corrected chi connectivity index (χ1v) is 13.8. The Morgan fingerprint density at radius 1 is 0.594 bits per heavy atom. The lowest BCUT2D eigenvalue weighted by atomic mass is 9.53. The summed E-state index contributed by atoms with van der Waals surface area (Å²) >= 11 is 0. The fraction of sp³-hybridized carbons (Fsp3) is 0.379. The molecule has 4 fully saturated rings. The van der Waals surface area contributed by atoms with Crippen molar-refractivity contribution >= 4 is 23.3 Å². The molecule has 0 radical (unpaired) electrons. The first kappa shape index (κ1) is 22.6. The summed E-state index contributed by atoms with van der Waals surface area (Å²) in [7, 11) is 0.534. The van der Waals surface area contributed by atoms with Gasteiger partial charge in [0.2, 0.25) is 0 Å². The van der Waals surface area contributed by atoms with Crippen molar-refractivity contribution in [1.82, 2.24) is 4.67 Å². The van der Waals surface area contributed by atoms with E-state index in [1.54, 1.807) is 0 Å². The molecule has 0 saturated heterocycles. The maximum atomic E-state index is 2.95. The van der Waals surface area contributed by atoms with E-state index in [-0.39, 0.29) is 24.0 Å². The fourth-order valence-corrected chi connectivity index (χ4v) is 12.3. The van der Waals surface area contributed by atoms with E-state index >= 15 is 0 Å². The van der Waals surface area contributed by atoms with Gasteiger partial charge in [0, 0.05) is 7.05 Å². The molecule has 4 aliphatic rings. The molecule has 1 nitrogen and oxygen atoms in total. The van der Waals surface area contributed by atoms with E-state index in [2.05, 4.69) is 103 Å². The van der Waals surface area contributed by atoms with Crippen LogP contribution in [0.2, 0.25) is 0 Å². The highest BCUT2D eigenvalue weighted by molar-refractivity contribution is 7.93. The number of benzene rings is 3. The maximum Gasteiger partial charge on any atom is 0.181 e. The Bertz CT molecular complexity index is 905. The van der Waals surface area contributed by atoms with E-state index < -0.39 is 7.41 Å². The van der Waals surface area contributed by atoms with Gasteiger partial charge in [-0.05, 0) is 92.7 Å². The second kappa shape index (κ2) is 8.85. The van der Waals surface area contributed by atoms with Crippen LogP contribution in [0.1, 0.15) is 38.5 Å². The molecule has 166 valence electrons. The predicted octanol–water partition coefficient (Wildman–Crippen LogP) is 2.80. The van der Waals surface area contributed by atoms with Gasteiger partial charge >= 0.3 is 0 Å². The lowest BCUT2D eigenvalue weighted by Gasteiger charge is -2.60. The van der Waals surface area contributed by atoms with Gasteiger partial charge < -0.3 is 24.0 Å². The largest absolute Gasteiger partial charge is 1.00 e. The Labute approximate surface area is 211 Å². The van der Waals surface area contributed by atoms with Crippen molar-refractivity contribution in [3.63, 3.8) is 0 Å². The maximum absolute atomic E-state index is 2.95. The van der Waals surface area contributed by atoms with Gasteiger partial charge in [-0.15, -0.1) is 0 Å². The highest BCUT2D eigenvalue weighted by atomic mass is 127. The zero-order chi connectivity index (χ0) is 20.9. The van der Waals surface area contributed by atoms with E-state index in [9.17, 15) is 0 Å². The normalized spacial score (nSPS) is 28.5. The number of hydrogen-bond donors (Lipinski definition) is 0. The Hall–Kier alpha value is -1.22. The van der Waals surface area contributed by atoms with Crippen molar-refractivity contribution in [3.05, 3.63) is 91.0 Å². The Morgan fingerprint density at radius 2 is 0.906 bits per heavy atom. The van der Waals surface area contributed by atoms with Crippen LogP contribution in [0, 0.1) is 17.8 Å². The number of hydrogen-bond acceptors (Lipinski definition) is 1. The van der Waals surface area contributed by atoms with Crippen LogP contribution in [0.25, 0.3) is 0 Å². The second-order valence-corrected chi connectivity index (χ2v) is 13.7. The molecule has 0 aromatic heterocycles. The van der Waals surface area contributed by atoms with Crippen LogP contribution < -0.4 is 39.9 Å². The second-order valence-electron chi connectivity index (χ2n) is 10.3. The van der Waals surface area contributed by atoms with Crippen molar-refractivity contribution in [1.29, 1.82) is 0 Å². The molecular formula is C29H33INP. The Balaban J connectivity index is 0.00000216. The quantitative estimate of drug-likeness (QED) is 0.347. The molecule has 4 aliphatic carbocycles. The Kier molecular flexibility index (Phi) is 6.24. The van der Waals surface area contributed by atoms with Gasteiger partial charge in [0.05, 0.1) is 5.54 Å². The average Bonchev–Trinajstić information content (AvgIpc) is 2.81. The summed E-state index contributed by atoms with van der Waals surface area (Å²) in [5.74, 6) is 2.83. The summed E-state index contributed by atoms with van der Waals surface area (Å²) in [5, 5.41) is 4.47. The molecule has 0 spiro atoms. The summed E-state index contributed by atoms with van der Waals surface area (Å²) in [4.78, 5) is 0. The topological polar surface area (TPSA) is 3.24 Å². The molecule has 32 heavy (non-hydrogen) atoms. The summed E-state index contributed by atoms with van der Waals surface area (Å²) < 4.78 is 2.95. The molecule has 0 atom stereocenters. The van der Waals surface area contributed by atoms with E-state index in [4.69, 9.17) is 0 Å². The van der Waals surface area contributed by atoms with Gasteiger partial charge in [-0.25, -0.2) is 0 Å². The minimum absolute atomic E-state index is 0. The highest BCUT2D eigenvalue weighted by Gasteiger charge is 2.62. The SMILES string of the molecule is CN(C12CC3CC(CC(C3)C1)C2)[P+](c1ccccc1)(c1ccccc1)c1ccccc1.[I-]. The van der Waals surface area contributed by atoms with Crippen LogP contribution in [0.3, 0.4) is 0 Å². The molecule has 3 aromatic rings. The molecule has 3 aromatic carbocycles. The van der Waals surface area contributed by atoms with Crippen LogP contribution in [-0.2, 0) is 0 Å². The zero-order valence-corrected chi connectivity index (χ0v) is 22.0. The van der Waals surface area contributed by atoms with Gasteiger partial charge in [0.15, 0.2) is 7.41 Å². The van der Waals surface area contributed by atoms with Crippen LogP contribution in [0.5, 0.6) is 0 Å². The molecular weight excluding hydrogens is 520 g/mol. The van der Waals surface area contributed by atoms with Crippen LogP contribution >= 0.6 is 7.41 Å². The average molecular weight is 553 g/mol. The van der Waals surface area contributed by atoms with Gasteiger partial charge in [0.1, 0.15) is 15.9 Å². The van der Waals surface area contributed by atoms with Crippen molar-refractivity contribution in [2.75, 3.05) is 7.05 Å². The van der Waals surface area contributed by atoms with Crippen molar-refractivity contribution < 1.29 is 24.0 Å². The third kappa shape index (κ3) is 3.49. The van der Waals surface area contributed by atoms with Crippen molar-refractivity contribution in [2.45, 2.75) is 44.1 Å². The van der Waals surface area contributed by atoms with E-state index in [1.807, 2.05) is 0 Å². The molecule has 0 N–H and O–H groups in total. The minimum Gasteiger partial charge on any atom is -1.00 e. The Morgan fingerprint density at radius 3 is 1.22 bits per heavy atom. The summed E-state index contributed by atoms with van der Waals surface area (Å²) in [6.45, 7) is 0.